The second-order valence-electron chi connectivity index (χ2n) is 5.29. The molecular formula is C15H18N2. The predicted molar refractivity (Wildman–Crippen MR) is 68.3 cm³/mol. The van der Waals surface area contributed by atoms with Crippen molar-refractivity contribution in [3.05, 3.63) is 35.4 Å². The van der Waals surface area contributed by atoms with Crippen molar-refractivity contribution in [1.29, 1.82) is 10.5 Å². The van der Waals surface area contributed by atoms with Gasteiger partial charge in [-0.05, 0) is 16.5 Å². The molecule has 0 atom stereocenters. The van der Waals surface area contributed by atoms with Crippen LogP contribution in [0.5, 0.6) is 0 Å². The minimum absolute atomic E-state index is 0.0408. The monoisotopic (exact) mass is 226 g/mol. The zero-order chi connectivity index (χ0) is 12.9. The quantitative estimate of drug-likeness (QED) is 0.784. The van der Waals surface area contributed by atoms with E-state index in [0.717, 1.165) is 5.56 Å². The standard InChI is InChI=1S/C15H18N2/c1-15(2,3)14-6-4-12(5-7-14)13(8-10-16)9-11-17/h4-7,13H,8-9H2,1-3H3. The summed E-state index contributed by atoms with van der Waals surface area (Å²) in [6, 6.07) is 12.6. The van der Waals surface area contributed by atoms with E-state index in [1.807, 2.05) is 12.1 Å². The Morgan fingerprint density at radius 1 is 1.00 bits per heavy atom. The molecule has 1 rings (SSSR count). The Bertz CT molecular complexity index is 422. The third-order valence-corrected chi connectivity index (χ3v) is 2.92. The first-order valence-corrected chi connectivity index (χ1v) is 5.83. The molecule has 88 valence electrons. The fourth-order valence-electron chi connectivity index (χ4n) is 1.78. The highest BCUT2D eigenvalue weighted by molar-refractivity contribution is 5.30. The van der Waals surface area contributed by atoms with Crippen molar-refractivity contribution < 1.29 is 0 Å². The molecule has 0 radical (unpaired) electrons. The molecule has 0 bridgehead atoms. The van der Waals surface area contributed by atoms with Crippen molar-refractivity contribution in [2.45, 2.75) is 44.9 Å². The van der Waals surface area contributed by atoms with Crippen LogP contribution in [0.4, 0.5) is 0 Å². The van der Waals surface area contributed by atoms with Crippen LogP contribution in [0, 0.1) is 22.7 Å². The second-order valence-corrected chi connectivity index (χ2v) is 5.29. The van der Waals surface area contributed by atoms with Gasteiger partial charge in [-0.2, -0.15) is 10.5 Å². The lowest BCUT2D eigenvalue weighted by atomic mass is 9.85. The molecule has 0 spiro atoms. The normalized spacial score (nSPS) is 10.9. The summed E-state index contributed by atoms with van der Waals surface area (Å²) < 4.78 is 0. The SMILES string of the molecule is CC(C)(C)c1ccc(C(CC#N)CC#N)cc1. The van der Waals surface area contributed by atoms with E-state index in [-0.39, 0.29) is 11.3 Å². The van der Waals surface area contributed by atoms with Gasteiger partial charge < -0.3 is 0 Å². The van der Waals surface area contributed by atoms with Gasteiger partial charge in [0, 0.05) is 18.8 Å². The highest BCUT2D eigenvalue weighted by Gasteiger charge is 2.15. The highest BCUT2D eigenvalue weighted by atomic mass is 14.3. The fraction of sp³-hybridized carbons (Fsp3) is 0.467. The summed E-state index contributed by atoms with van der Waals surface area (Å²) in [4.78, 5) is 0. The fourth-order valence-corrected chi connectivity index (χ4v) is 1.78. The first kappa shape index (κ1) is 13.3. The van der Waals surface area contributed by atoms with Crippen LogP contribution in [0.15, 0.2) is 24.3 Å². The summed E-state index contributed by atoms with van der Waals surface area (Å²) in [7, 11) is 0. The Balaban J connectivity index is 2.93. The van der Waals surface area contributed by atoms with Gasteiger partial charge in [0.1, 0.15) is 0 Å². The van der Waals surface area contributed by atoms with Gasteiger partial charge in [-0.1, -0.05) is 45.0 Å². The van der Waals surface area contributed by atoms with Gasteiger partial charge in [0.05, 0.1) is 12.1 Å². The summed E-state index contributed by atoms with van der Waals surface area (Å²) in [5.41, 5.74) is 2.49. The zero-order valence-corrected chi connectivity index (χ0v) is 10.7. The maximum Gasteiger partial charge on any atom is 0.0628 e. The molecule has 1 aromatic carbocycles. The molecule has 0 amide bonds. The first-order chi connectivity index (χ1) is 7.99. The van der Waals surface area contributed by atoms with E-state index in [9.17, 15) is 0 Å². The zero-order valence-electron chi connectivity index (χ0n) is 10.7. The van der Waals surface area contributed by atoms with Crippen LogP contribution in [0.1, 0.15) is 50.7 Å². The summed E-state index contributed by atoms with van der Waals surface area (Å²) in [6.45, 7) is 6.51. The van der Waals surface area contributed by atoms with Gasteiger partial charge in [0.25, 0.3) is 0 Å². The summed E-state index contributed by atoms with van der Waals surface area (Å²) in [5, 5.41) is 17.5. The number of nitriles is 2. The van der Waals surface area contributed by atoms with E-state index in [4.69, 9.17) is 10.5 Å². The van der Waals surface area contributed by atoms with Crippen molar-refractivity contribution in [3.63, 3.8) is 0 Å². The maximum absolute atomic E-state index is 8.75. The van der Waals surface area contributed by atoms with E-state index in [1.54, 1.807) is 0 Å². The maximum atomic E-state index is 8.75. The number of hydrogen-bond donors (Lipinski definition) is 0. The van der Waals surface area contributed by atoms with Gasteiger partial charge in [-0.25, -0.2) is 0 Å². The number of rotatable bonds is 3. The lowest BCUT2D eigenvalue weighted by Gasteiger charge is -2.20. The van der Waals surface area contributed by atoms with Gasteiger partial charge >= 0.3 is 0 Å². The molecule has 0 heterocycles. The molecule has 0 aliphatic rings. The highest BCUT2D eigenvalue weighted by Crippen LogP contribution is 2.27. The molecular weight excluding hydrogens is 208 g/mol. The Labute approximate surface area is 104 Å². The van der Waals surface area contributed by atoms with Crippen molar-refractivity contribution in [2.75, 3.05) is 0 Å². The molecule has 0 fully saturated rings. The third kappa shape index (κ3) is 3.61. The molecule has 0 aliphatic heterocycles. The van der Waals surface area contributed by atoms with Gasteiger partial charge in [-0.15, -0.1) is 0 Å². The number of benzene rings is 1. The molecule has 0 unspecified atom stereocenters. The molecule has 0 saturated heterocycles. The average molecular weight is 226 g/mol. The van der Waals surface area contributed by atoms with Crippen LogP contribution in [0.3, 0.4) is 0 Å². The van der Waals surface area contributed by atoms with E-state index < -0.39 is 0 Å². The largest absolute Gasteiger partial charge is 0.198 e. The lowest BCUT2D eigenvalue weighted by Crippen LogP contribution is -2.11. The number of hydrogen-bond acceptors (Lipinski definition) is 2. The first-order valence-electron chi connectivity index (χ1n) is 5.83. The average Bonchev–Trinajstić information content (AvgIpc) is 2.28. The van der Waals surface area contributed by atoms with Crippen LogP contribution in [0.2, 0.25) is 0 Å². The topological polar surface area (TPSA) is 47.6 Å². The minimum atomic E-state index is 0.0408. The molecule has 1 aromatic rings. The molecule has 2 nitrogen and oxygen atoms in total. The third-order valence-electron chi connectivity index (χ3n) is 2.92. The Morgan fingerprint density at radius 3 is 1.82 bits per heavy atom. The Morgan fingerprint density at radius 2 is 1.47 bits per heavy atom. The van der Waals surface area contributed by atoms with E-state index in [2.05, 4.69) is 45.0 Å². The van der Waals surface area contributed by atoms with Crippen molar-refractivity contribution in [1.82, 2.24) is 0 Å². The minimum Gasteiger partial charge on any atom is -0.198 e. The van der Waals surface area contributed by atoms with Crippen LogP contribution in [-0.4, -0.2) is 0 Å². The van der Waals surface area contributed by atoms with Crippen molar-refractivity contribution in [3.8, 4) is 12.1 Å². The van der Waals surface area contributed by atoms with Crippen molar-refractivity contribution >= 4 is 0 Å². The van der Waals surface area contributed by atoms with Gasteiger partial charge in [0.2, 0.25) is 0 Å². The lowest BCUT2D eigenvalue weighted by molar-refractivity contribution is 0.589. The van der Waals surface area contributed by atoms with E-state index >= 15 is 0 Å². The Kier molecular flexibility index (Phi) is 4.30. The molecule has 0 N–H and O–H groups in total. The molecule has 0 aliphatic carbocycles. The Hall–Kier alpha value is -1.80. The summed E-state index contributed by atoms with van der Waals surface area (Å²) >= 11 is 0. The molecule has 2 heteroatoms. The van der Waals surface area contributed by atoms with E-state index in [1.165, 1.54) is 5.56 Å². The summed E-state index contributed by atoms with van der Waals surface area (Å²) in [6.07, 6.45) is 0.810. The van der Waals surface area contributed by atoms with E-state index in [0.29, 0.717) is 12.8 Å². The molecule has 0 saturated carbocycles. The van der Waals surface area contributed by atoms with Gasteiger partial charge in [-0.3, -0.25) is 0 Å². The number of nitrogens with zero attached hydrogens (tertiary/aromatic N) is 2. The second kappa shape index (κ2) is 5.51. The van der Waals surface area contributed by atoms with Crippen LogP contribution >= 0.6 is 0 Å². The smallest absolute Gasteiger partial charge is 0.0628 e. The predicted octanol–water partition coefficient (Wildman–Crippen LogP) is 3.90. The van der Waals surface area contributed by atoms with Gasteiger partial charge in [0.15, 0.2) is 0 Å². The van der Waals surface area contributed by atoms with Crippen LogP contribution in [-0.2, 0) is 5.41 Å². The van der Waals surface area contributed by atoms with Crippen LogP contribution < -0.4 is 0 Å². The van der Waals surface area contributed by atoms with Crippen molar-refractivity contribution in [2.24, 2.45) is 0 Å². The molecule has 0 aromatic heterocycles. The molecule has 17 heavy (non-hydrogen) atoms. The van der Waals surface area contributed by atoms with Crippen LogP contribution in [0.25, 0.3) is 0 Å². The summed E-state index contributed by atoms with van der Waals surface area (Å²) in [5.74, 6) is 0.0408.